The number of halogens is 4. The van der Waals surface area contributed by atoms with Crippen LogP contribution in [-0.2, 0) is 4.74 Å². The fourth-order valence-electron chi connectivity index (χ4n) is 1.03. The monoisotopic (exact) mass is 361 g/mol. The molecule has 0 unspecified atom stereocenters. The standard InChI is InChI=1S/C9H7F3INO3/c1-4-3-14-7(17-9(10,11)12)5(6(4)13)8(15)16-2/h3H,1-2H3. The van der Waals surface area contributed by atoms with Gasteiger partial charge >= 0.3 is 12.3 Å². The molecule has 1 rings (SSSR count). The molecule has 0 radical (unpaired) electrons. The minimum absolute atomic E-state index is 0.309. The summed E-state index contributed by atoms with van der Waals surface area (Å²) in [4.78, 5) is 14.8. The molecule has 0 saturated heterocycles. The van der Waals surface area contributed by atoms with Crippen molar-refractivity contribution in [2.45, 2.75) is 13.3 Å². The highest BCUT2D eigenvalue weighted by Crippen LogP contribution is 2.29. The first-order chi connectivity index (χ1) is 7.76. The van der Waals surface area contributed by atoms with E-state index in [9.17, 15) is 18.0 Å². The molecule has 17 heavy (non-hydrogen) atoms. The number of hydrogen-bond acceptors (Lipinski definition) is 4. The Labute approximate surface area is 108 Å². The molecular weight excluding hydrogens is 354 g/mol. The number of esters is 1. The van der Waals surface area contributed by atoms with Crippen LogP contribution in [0.1, 0.15) is 15.9 Å². The molecule has 0 spiro atoms. The van der Waals surface area contributed by atoms with Gasteiger partial charge in [-0.2, -0.15) is 0 Å². The van der Waals surface area contributed by atoms with Gasteiger partial charge in [0.2, 0.25) is 5.88 Å². The number of alkyl halides is 3. The van der Waals surface area contributed by atoms with E-state index in [2.05, 4.69) is 14.5 Å². The van der Waals surface area contributed by atoms with Gasteiger partial charge in [0.15, 0.2) is 0 Å². The third-order valence-corrected chi connectivity index (χ3v) is 3.15. The van der Waals surface area contributed by atoms with Crippen LogP contribution in [0.15, 0.2) is 6.20 Å². The molecule has 0 aromatic carbocycles. The zero-order valence-corrected chi connectivity index (χ0v) is 10.9. The Hall–Kier alpha value is -1.06. The van der Waals surface area contributed by atoms with Crippen LogP contribution in [0.3, 0.4) is 0 Å². The molecule has 0 aliphatic heterocycles. The molecule has 94 valence electrons. The number of nitrogens with zero attached hydrogens (tertiary/aromatic N) is 1. The van der Waals surface area contributed by atoms with Gasteiger partial charge in [0.25, 0.3) is 0 Å². The number of hydrogen-bond donors (Lipinski definition) is 0. The summed E-state index contributed by atoms with van der Waals surface area (Å²) >= 11 is 1.73. The summed E-state index contributed by atoms with van der Waals surface area (Å²) in [5.41, 5.74) is 0.228. The molecule has 1 heterocycles. The lowest BCUT2D eigenvalue weighted by Gasteiger charge is -2.13. The van der Waals surface area contributed by atoms with Gasteiger partial charge in [-0.15, -0.1) is 13.2 Å². The van der Waals surface area contributed by atoms with Crippen molar-refractivity contribution in [1.29, 1.82) is 0 Å². The van der Waals surface area contributed by atoms with E-state index in [1.54, 1.807) is 29.5 Å². The fraction of sp³-hybridized carbons (Fsp3) is 0.333. The van der Waals surface area contributed by atoms with E-state index in [0.717, 1.165) is 7.11 Å². The molecule has 1 aromatic rings. The fourth-order valence-corrected chi connectivity index (χ4v) is 1.62. The number of aryl methyl sites for hydroxylation is 1. The van der Waals surface area contributed by atoms with Crippen LogP contribution in [0.5, 0.6) is 5.88 Å². The molecule has 0 amide bonds. The Balaban J connectivity index is 3.30. The van der Waals surface area contributed by atoms with Gasteiger partial charge in [0.1, 0.15) is 5.56 Å². The molecule has 4 nitrogen and oxygen atoms in total. The van der Waals surface area contributed by atoms with Crippen molar-refractivity contribution in [3.63, 3.8) is 0 Å². The van der Waals surface area contributed by atoms with Gasteiger partial charge in [0, 0.05) is 9.77 Å². The summed E-state index contributed by atoms with van der Waals surface area (Å²) in [5.74, 6) is -1.73. The first kappa shape index (κ1) is 14.0. The van der Waals surface area contributed by atoms with Crippen molar-refractivity contribution in [3.05, 3.63) is 20.9 Å². The summed E-state index contributed by atoms with van der Waals surface area (Å²) < 4.78 is 44.7. The molecular formula is C9H7F3INO3. The van der Waals surface area contributed by atoms with Crippen molar-refractivity contribution in [1.82, 2.24) is 4.98 Å². The molecule has 0 bridgehead atoms. The van der Waals surface area contributed by atoms with Crippen LogP contribution >= 0.6 is 22.6 Å². The van der Waals surface area contributed by atoms with Gasteiger partial charge in [-0.05, 0) is 35.1 Å². The molecule has 0 saturated carbocycles. The zero-order valence-electron chi connectivity index (χ0n) is 8.76. The highest BCUT2D eigenvalue weighted by atomic mass is 127. The second kappa shape index (κ2) is 5.07. The van der Waals surface area contributed by atoms with Gasteiger partial charge < -0.3 is 9.47 Å². The maximum atomic E-state index is 12.1. The predicted molar refractivity (Wildman–Crippen MR) is 59.7 cm³/mol. The van der Waals surface area contributed by atoms with Crippen molar-refractivity contribution in [2.75, 3.05) is 7.11 Å². The summed E-state index contributed by atoms with van der Waals surface area (Å²) in [6, 6.07) is 0. The first-order valence-electron chi connectivity index (χ1n) is 4.25. The highest BCUT2D eigenvalue weighted by molar-refractivity contribution is 14.1. The summed E-state index contributed by atoms with van der Waals surface area (Å²) in [5, 5.41) is 0. The van der Waals surface area contributed by atoms with Gasteiger partial charge in [0.05, 0.1) is 7.11 Å². The molecule has 0 fully saturated rings. The average molecular weight is 361 g/mol. The third kappa shape index (κ3) is 3.45. The lowest BCUT2D eigenvalue weighted by Crippen LogP contribution is -2.21. The maximum Gasteiger partial charge on any atom is 0.574 e. The molecule has 0 atom stereocenters. The van der Waals surface area contributed by atoms with Crippen LogP contribution in [0.2, 0.25) is 0 Å². The smallest absolute Gasteiger partial charge is 0.465 e. The van der Waals surface area contributed by atoms with E-state index < -0.39 is 18.2 Å². The topological polar surface area (TPSA) is 48.4 Å². The number of ether oxygens (including phenoxy) is 2. The summed E-state index contributed by atoms with van der Waals surface area (Å²) in [7, 11) is 1.07. The van der Waals surface area contributed by atoms with Crippen molar-refractivity contribution in [3.8, 4) is 5.88 Å². The van der Waals surface area contributed by atoms with Crippen molar-refractivity contribution < 1.29 is 27.4 Å². The molecule has 1 aromatic heterocycles. The predicted octanol–water partition coefficient (Wildman–Crippen LogP) is 2.68. The van der Waals surface area contributed by atoms with Crippen LogP contribution < -0.4 is 4.74 Å². The van der Waals surface area contributed by atoms with E-state index in [0.29, 0.717) is 9.13 Å². The molecule has 0 aliphatic carbocycles. The number of methoxy groups -OCH3 is 1. The van der Waals surface area contributed by atoms with Gasteiger partial charge in [-0.25, -0.2) is 9.78 Å². The largest absolute Gasteiger partial charge is 0.574 e. The number of carbonyl (C=O) groups excluding carboxylic acids is 1. The number of aromatic nitrogens is 1. The first-order valence-corrected chi connectivity index (χ1v) is 5.33. The van der Waals surface area contributed by atoms with E-state index >= 15 is 0 Å². The molecule has 8 heteroatoms. The third-order valence-electron chi connectivity index (χ3n) is 1.76. The lowest BCUT2D eigenvalue weighted by molar-refractivity contribution is -0.276. The van der Waals surface area contributed by atoms with E-state index in [1.807, 2.05) is 0 Å². The van der Waals surface area contributed by atoms with E-state index in [1.165, 1.54) is 6.20 Å². The number of pyridine rings is 1. The van der Waals surface area contributed by atoms with Crippen molar-refractivity contribution >= 4 is 28.6 Å². The number of rotatable bonds is 2. The summed E-state index contributed by atoms with van der Waals surface area (Å²) in [6.07, 6.45) is -3.72. The van der Waals surface area contributed by atoms with E-state index in [-0.39, 0.29) is 5.56 Å². The average Bonchev–Trinajstić information content (AvgIpc) is 2.21. The Morgan fingerprint density at radius 1 is 1.47 bits per heavy atom. The van der Waals surface area contributed by atoms with Crippen LogP contribution in [0, 0.1) is 10.5 Å². The Morgan fingerprint density at radius 3 is 2.53 bits per heavy atom. The van der Waals surface area contributed by atoms with Gasteiger partial charge in [-0.1, -0.05) is 0 Å². The van der Waals surface area contributed by atoms with Crippen LogP contribution in [-0.4, -0.2) is 24.4 Å². The van der Waals surface area contributed by atoms with Crippen LogP contribution in [0.4, 0.5) is 13.2 Å². The number of carbonyl (C=O) groups is 1. The second-order valence-corrected chi connectivity index (χ2v) is 4.05. The highest BCUT2D eigenvalue weighted by Gasteiger charge is 2.35. The second-order valence-electron chi connectivity index (χ2n) is 2.97. The van der Waals surface area contributed by atoms with Crippen molar-refractivity contribution in [2.24, 2.45) is 0 Å². The normalized spacial score (nSPS) is 11.2. The SMILES string of the molecule is COC(=O)c1c(OC(F)(F)F)ncc(C)c1I. The van der Waals surface area contributed by atoms with Crippen LogP contribution in [0.25, 0.3) is 0 Å². The van der Waals surface area contributed by atoms with E-state index in [4.69, 9.17) is 0 Å². The minimum atomic E-state index is -4.91. The zero-order chi connectivity index (χ0) is 13.2. The Morgan fingerprint density at radius 2 is 2.06 bits per heavy atom. The lowest BCUT2D eigenvalue weighted by atomic mass is 10.2. The maximum absolute atomic E-state index is 12.1. The Kier molecular flexibility index (Phi) is 4.17. The minimum Gasteiger partial charge on any atom is -0.465 e. The Bertz CT molecular complexity index is 448. The quantitative estimate of drug-likeness (QED) is 0.601. The van der Waals surface area contributed by atoms with Gasteiger partial charge in [-0.3, -0.25) is 0 Å². The molecule has 0 N–H and O–H groups in total. The molecule has 0 aliphatic rings. The summed E-state index contributed by atoms with van der Waals surface area (Å²) in [6.45, 7) is 1.61.